The Hall–Kier alpha value is -2.06. The monoisotopic (exact) mass is 352 g/mol. The lowest BCUT2D eigenvalue weighted by molar-refractivity contribution is -0.120. The minimum atomic E-state index is -0.668. The van der Waals surface area contributed by atoms with Crippen molar-refractivity contribution >= 4 is 18.1 Å². The zero-order chi connectivity index (χ0) is 17.4. The number of H-pyrrole nitrogens is 1. The molecule has 1 aromatic heterocycles. The molecule has 128 valence electrons. The van der Waals surface area contributed by atoms with Crippen LogP contribution in [0.15, 0.2) is 18.3 Å². The van der Waals surface area contributed by atoms with Crippen molar-refractivity contribution in [2.75, 3.05) is 7.05 Å². The number of aromatic nitrogens is 2. The van der Waals surface area contributed by atoms with E-state index in [1.54, 1.807) is 13.2 Å². The Morgan fingerprint density at radius 3 is 2.92 bits per heavy atom. The Balaban J connectivity index is 1.92. The van der Waals surface area contributed by atoms with Crippen LogP contribution in [0.2, 0.25) is 0 Å². The van der Waals surface area contributed by atoms with Gasteiger partial charge in [-0.2, -0.15) is 0 Å². The molecule has 1 aliphatic rings. The van der Waals surface area contributed by atoms with Gasteiger partial charge in [0, 0.05) is 18.3 Å². The molecule has 1 heterocycles. The van der Waals surface area contributed by atoms with Crippen LogP contribution in [0.4, 0.5) is 8.78 Å². The fourth-order valence-electron chi connectivity index (χ4n) is 3.32. The summed E-state index contributed by atoms with van der Waals surface area (Å²) in [7, 11) is 1.63. The summed E-state index contributed by atoms with van der Waals surface area (Å²) in [4.78, 5) is 14.5. The third-order valence-corrected chi connectivity index (χ3v) is 4.79. The summed E-state index contributed by atoms with van der Waals surface area (Å²) in [5.74, 6) is -1.58. The Morgan fingerprint density at radius 2 is 2.25 bits per heavy atom. The highest BCUT2D eigenvalue weighted by molar-refractivity contribution is 7.71. The van der Waals surface area contributed by atoms with E-state index in [-0.39, 0.29) is 6.04 Å². The molecule has 4 N–H and O–H groups in total. The van der Waals surface area contributed by atoms with Crippen LogP contribution in [0.3, 0.4) is 0 Å². The van der Waals surface area contributed by atoms with Crippen molar-refractivity contribution < 1.29 is 13.6 Å². The quantitative estimate of drug-likeness (QED) is 0.739. The van der Waals surface area contributed by atoms with E-state index in [4.69, 9.17) is 18.0 Å². The second-order valence-electron chi connectivity index (χ2n) is 5.97. The van der Waals surface area contributed by atoms with E-state index in [0.717, 1.165) is 6.07 Å². The second kappa shape index (κ2) is 6.45. The van der Waals surface area contributed by atoms with E-state index in [1.807, 2.05) is 4.57 Å². The number of hydrogen-bond donors (Lipinski definition) is 3. The van der Waals surface area contributed by atoms with Gasteiger partial charge in [-0.1, -0.05) is 0 Å². The average Bonchev–Trinajstić information content (AvgIpc) is 2.88. The highest BCUT2D eigenvalue weighted by atomic mass is 32.1. The molecule has 0 radical (unpaired) electrons. The molecule has 8 heteroatoms. The lowest BCUT2D eigenvalue weighted by Crippen LogP contribution is -2.31. The van der Waals surface area contributed by atoms with Crippen LogP contribution in [0.1, 0.15) is 35.3 Å². The summed E-state index contributed by atoms with van der Waals surface area (Å²) in [6, 6.07) is 1.60. The molecule has 0 saturated heterocycles. The molecule has 1 amide bonds. The first kappa shape index (κ1) is 16.8. The summed E-state index contributed by atoms with van der Waals surface area (Å²) in [5.41, 5.74) is 7.17. The molecule has 0 fully saturated rings. The number of carbonyl (C=O) groups is 1. The van der Waals surface area contributed by atoms with Crippen molar-refractivity contribution in [3.8, 4) is 0 Å². The van der Waals surface area contributed by atoms with Gasteiger partial charge in [0.05, 0.1) is 5.69 Å². The van der Waals surface area contributed by atoms with Gasteiger partial charge in [-0.25, -0.2) is 8.78 Å². The number of halogens is 2. The average molecular weight is 352 g/mol. The topological polar surface area (TPSA) is 75.8 Å². The fraction of sp³-hybridized carbons (Fsp3) is 0.375. The minimum Gasteiger partial charge on any atom is -0.368 e. The van der Waals surface area contributed by atoms with Crippen molar-refractivity contribution in [3.05, 3.63) is 51.6 Å². The van der Waals surface area contributed by atoms with E-state index in [2.05, 4.69) is 10.3 Å². The number of nitrogens with two attached hydrogens (primary N) is 1. The Bertz CT molecular complexity index is 845. The lowest BCUT2D eigenvalue weighted by Gasteiger charge is -2.26. The molecule has 0 aliphatic heterocycles. The molecule has 2 atom stereocenters. The van der Waals surface area contributed by atoms with E-state index in [0.29, 0.717) is 40.9 Å². The van der Waals surface area contributed by atoms with Crippen LogP contribution in [0, 0.1) is 16.4 Å². The van der Waals surface area contributed by atoms with Crippen LogP contribution in [0.5, 0.6) is 0 Å². The zero-order valence-electron chi connectivity index (χ0n) is 13.1. The number of hydrogen-bond acceptors (Lipinski definition) is 3. The minimum absolute atomic E-state index is 0.0263. The highest BCUT2D eigenvalue weighted by Crippen LogP contribution is 2.32. The fourth-order valence-corrected chi connectivity index (χ4v) is 3.64. The van der Waals surface area contributed by atoms with E-state index in [1.165, 1.54) is 6.07 Å². The number of likely N-dealkylation sites (N-methyl/N-ethyl adjacent to an activating group) is 1. The third kappa shape index (κ3) is 2.99. The predicted octanol–water partition coefficient (Wildman–Crippen LogP) is 2.30. The maximum Gasteiger partial charge on any atom is 0.240 e. The van der Waals surface area contributed by atoms with Crippen LogP contribution < -0.4 is 11.1 Å². The van der Waals surface area contributed by atoms with Gasteiger partial charge in [-0.15, -0.1) is 0 Å². The van der Waals surface area contributed by atoms with E-state index < -0.39 is 23.6 Å². The van der Waals surface area contributed by atoms with Crippen molar-refractivity contribution in [1.82, 2.24) is 14.9 Å². The molecule has 1 aliphatic carbocycles. The van der Waals surface area contributed by atoms with Gasteiger partial charge in [0.2, 0.25) is 5.91 Å². The number of benzene rings is 1. The number of aromatic amines is 1. The molecule has 0 bridgehead atoms. The van der Waals surface area contributed by atoms with Gasteiger partial charge < -0.3 is 20.6 Å². The molecule has 1 unspecified atom stereocenters. The molecular weight excluding hydrogens is 334 g/mol. The first-order chi connectivity index (χ1) is 11.4. The summed E-state index contributed by atoms with van der Waals surface area (Å²) in [6.07, 6.45) is 3.43. The molecule has 1 aromatic carbocycles. The van der Waals surface area contributed by atoms with Gasteiger partial charge in [-0.3, -0.25) is 4.79 Å². The molecule has 24 heavy (non-hydrogen) atoms. The number of primary amides is 1. The van der Waals surface area contributed by atoms with E-state index >= 15 is 0 Å². The number of imidazole rings is 1. The van der Waals surface area contributed by atoms with Gasteiger partial charge in [0.15, 0.2) is 4.77 Å². The predicted molar refractivity (Wildman–Crippen MR) is 88.0 cm³/mol. The van der Waals surface area contributed by atoms with Crippen LogP contribution in [-0.4, -0.2) is 22.5 Å². The maximum atomic E-state index is 13.9. The maximum absolute atomic E-state index is 13.9. The van der Waals surface area contributed by atoms with Gasteiger partial charge in [0.1, 0.15) is 17.7 Å². The summed E-state index contributed by atoms with van der Waals surface area (Å²) in [5, 5.41) is 2.83. The van der Waals surface area contributed by atoms with Gasteiger partial charge in [0.25, 0.3) is 0 Å². The summed E-state index contributed by atoms with van der Waals surface area (Å²) in [6.45, 7) is 0. The largest absolute Gasteiger partial charge is 0.368 e. The Kier molecular flexibility index (Phi) is 4.51. The second-order valence-corrected chi connectivity index (χ2v) is 6.35. The van der Waals surface area contributed by atoms with Crippen molar-refractivity contribution in [2.24, 2.45) is 5.73 Å². The molecular formula is C16H18F2N4OS. The third-order valence-electron chi connectivity index (χ3n) is 4.48. The normalized spacial score (nSPS) is 18.2. The molecule has 0 saturated carbocycles. The van der Waals surface area contributed by atoms with Crippen LogP contribution in [-0.2, 0) is 17.6 Å². The van der Waals surface area contributed by atoms with Gasteiger partial charge in [-0.05, 0) is 55.7 Å². The number of carbonyl (C=O) groups excluding carboxylic acids is 1. The number of amides is 1. The van der Waals surface area contributed by atoms with Crippen molar-refractivity contribution in [3.63, 3.8) is 0 Å². The first-order valence-electron chi connectivity index (χ1n) is 7.65. The van der Waals surface area contributed by atoms with Gasteiger partial charge >= 0.3 is 0 Å². The summed E-state index contributed by atoms with van der Waals surface area (Å²) < 4.78 is 29.6. The zero-order valence-corrected chi connectivity index (χ0v) is 13.9. The Labute approximate surface area is 142 Å². The number of nitrogens with zero attached hydrogens (tertiary/aromatic N) is 1. The number of nitrogens with one attached hydrogen (secondary N) is 2. The number of fused-ring (bicyclic) bond motifs is 1. The van der Waals surface area contributed by atoms with Crippen LogP contribution in [0.25, 0.3) is 0 Å². The number of rotatable bonds is 4. The SMILES string of the molecule is CN[C@H](C(N)=O)c1cn(C2CCc3c(F)cc(F)cc3C2)c(=S)[nH]1. The molecule has 5 nitrogen and oxygen atoms in total. The molecule has 2 aromatic rings. The molecule has 0 spiro atoms. The lowest BCUT2D eigenvalue weighted by atomic mass is 9.87. The smallest absolute Gasteiger partial charge is 0.240 e. The standard InChI is InChI=1S/C16H18F2N4OS/c1-20-14(15(19)23)13-7-22(16(24)21-13)10-2-3-11-8(5-10)4-9(17)6-12(11)18/h4,6-7,10,14,20H,2-3,5H2,1H3,(H2,19,23)(H,21,24)/t10?,14-/m0/s1. The highest BCUT2D eigenvalue weighted by Gasteiger charge is 2.25. The van der Waals surface area contributed by atoms with Crippen LogP contribution >= 0.6 is 12.2 Å². The van der Waals surface area contributed by atoms with Crippen molar-refractivity contribution in [1.29, 1.82) is 0 Å². The van der Waals surface area contributed by atoms with Crippen molar-refractivity contribution in [2.45, 2.75) is 31.3 Å². The molecule has 3 rings (SSSR count). The summed E-state index contributed by atoms with van der Waals surface area (Å²) >= 11 is 5.34. The van der Waals surface area contributed by atoms with E-state index in [9.17, 15) is 13.6 Å². The first-order valence-corrected chi connectivity index (χ1v) is 8.06. The Morgan fingerprint density at radius 1 is 1.50 bits per heavy atom.